The number of benzene rings is 1. The molecule has 1 rings (SSSR count). The third-order valence-corrected chi connectivity index (χ3v) is 3.36. The van der Waals surface area contributed by atoms with E-state index in [0.717, 1.165) is 32.4 Å². The number of para-hydroxylation sites is 1. The maximum atomic E-state index is 10.8. The Hall–Kier alpha value is -1.11. The number of unbranched alkanes of at least 4 members (excludes halogenated alkanes) is 2. The zero-order chi connectivity index (χ0) is 13.2. The molecule has 0 aliphatic rings. The van der Waals surface area contributed by atoms with Crippen molar-refractivity contribution in [3.05, 3.63) is 34.4 Å². The van der Waals surface area contributed by atoms with Crippen LogP contribution >= 0.6 is 11.9 Å². The molecule has 0 saturated heterocycles. The van der Waals surface area contributed by atoms with Crippen LogP contribution in [-0.4, -0.2) is 25.1 Å². The Morgan fingerprint density at radius 3 is 2.67 bits per heavy atom. The summed E-state index contributed by atoms with van der Waals surface area (Å²) in [5.41, 5.74) is 0.158. The molecule has 6 heteroatoms. The van der Waals surface area contributed by atoms with Crippen LogP contribution in [0.2, 0.25) is 0 Å². The van der Waals surface area contributed by atoms with E-state index in [1.807, 2.05) is 13.1 Å². The summed E-state index contributed by atoms with van der Waals surface area (Å²) in [7, 11) is 1.95. The SMILES string of the molecule is CNCCCCCNSc1ccccc1[N+](=O)[O-]. The highest BCUT2D eigenvalue weighted by Crippen LogP contribution is 2.26. The van der Waals surface area contributed by atoms with Crippen LogP contribution < -0.4 is 10.0 Å². The Morgan fingerprint density at radius 1 is 1.22 bits per heavy atom. The van der Waals surface area contributed by atoms with Crippen LogP contribution in [0.1, 0.15) is 19.3 Å². The summed E-state index contributed by atoms with van der Waals surface area (Å²) in [5, 5.41) is 13.9. The summed E-state index contributed by atoms with van der Waals surface area (Å²) >= 11 is 1.33. The Morgan fingerprint density at radius 2 is 1.94 bits per heavy atom. The molecule has 1 aromatic carbocycles. The molecule has 0 amide bonds. The van der Waals surface area contributed by atoms with E-state index in [2.05, 4.69) is 10.0 Å². The molecule has 0 spiro atoms. The van der Waals surface area contributed by atoms with Crippen molar-refractivity contribution in [2.75, 3.05) is 20.1 Å². The van der Waals surface area contributed by atoms with Crippen molar-refractivity contribution in [2.24, 2.45) is 0 Å². The predicted octanol–water partition coefficient (Wildman–Crippen LogP) is 2.58. The third kappa shape index (κ3) is 5.48. The van der Waals surface area contributed by atoms with E-state index in [-0.39, 0.29) is 10.6 Å². The predicted molar refractivity (Wildman–Crippen MR) is 74.7 cm³/mol. The van der Waals surface area contributed by atoms with Gasteiger partial charge in [-0.3, -0.25) is 14.8 Å². The van der Waals surface area contributed by atoms with E-state index in [1.54, 1.807) is 12.1 Å². The maximum Gasteiger partial charge on any atom is 0.284 e. The minimum absolute atomic E-state index is 0.158. The first-order valence-corrected chi connectivity index (χ1v) is 6.85. The summed E-state index contributed by atoms with van der Waals surface area (Å²) in [4.78, 5) is 11.1. The number of rotatable bonds is 9. The Balaban J connectivity index is 2.25. The van der Waals surface area contributed by atoms with Crippen LogP contribution in [0.25, 0.3) is 0 Å². The van der Waals surface area contributed by atoms with Crippen LogP contribution in [0.3, 0.4) is 0 Å². The van der Waals surface area contributed by atoms with E-state index in [0.29, 0.717) is 4.90 Å². The molecule has 18 heavy (non-hydrogen) atoms. The van der Waals surface area contributed by atoms with Gasteiger partial charge in [0.1, 0.15) is 4.90 Å². The first-order chi connectivity index (χ1) is 8.75. The Kier molecular flexibility index (Phi) is 7.40. The summed E-state index contributed by atoms with van der Waals surface area (Å²) < 4.78 is 3.17. The Labute approximate surface area is 112 Å². The monoisotopic (exact) mass is 269 g/mol. The van der Waals surface area contributed by atoms with E-state index in [9.17, 15) is 10.1 Å². The lowest BCUT2D eigenvalue weighted by atomic mass is 10.2. The van der Waals surface area contributed by atoms with Gasteiger partial charge >= 0.3 is 0 Å². The lowest BCUT2D eigenvalue weighted by Crippen LogP contribution is -2.09. The molecule has 0 unspecified atom stereocenters. The maximum absolute atomic E-state index is 10.8. The summed E-state index contributed by atoms with van der Waals surface area (Å²) in [6, 6.07) is 6.78. The Bertz CT molecular complexity index is 374. The summed E-state index contributed by atoms with van der Waals surface area (Å²) in [6.45, 7) is 1.90. The second-order valence-corrected chi connectivity index (χ2v) is 4.82. The van der Waals surface area contributed by atoms with Gasteiger partial charge in [-0.1, -0.05) is 18.6 Å². The lowest BCUT2D eigenvalue weighted by Gasteiger charge is -2.04. The van der Waals surface area contributed by atoms with Gasteiger partial charge in [0.2, 0.25) is 0 Å². The van der Waals surface area contributed by atoms with Crippen LogP contribution in [-0.2, 0) is 0 Å². The van der Waals surface area contributed by atoms with E-state index in [1.165, 1.54) is 18.0 Å². The molecule has 2 N–H and O–H groups in total. The fourth-order valence-electron chi connectivity index (χ4n) is 1.50. The van der Waals surface area contributed by atoms with Gasteiger partial charge in [0.05, 0.1) is 4.92 Å². The molecule has 0 aliphatic carbocycles. The fourth-order valence-corrected chi connectivity index (χ4v) is 2.29. The molecule has 0 atom stereocenters. The minimum Gasteiger partial charge on any atom is -0.320 e. The van der Waals surface area contributed by atoms with Crippen LogP contribution in [0.4, 0.5) is 5.69 Å². The zero-order valence-corrected chi connectivity index (χ0v) is 11.3. The summed E-state index contributed by atoms with van der Waals surface area (Å²) in [6.07, 6.45) is 3.40. The standard InChI is InChI=1S/C12H19N3O2S/c1-13-9-5-2-6-10-14-18-12-8-4-3-7-11(12)15(16)17/h3-4,7-8,13-14H,2,5-6,9-10H2,1H3. The van der Waals surface area contributed by atoms with Gasteiger partial charge in [-0.25, -0.2) is 0 Å². The molecule has 0 aromatic heterocycles. The van der Waals surface area contributed by atoms with Crippen molar-refractivity contribution in [2.45, 2.75) is 24.2 Å². The molecular weight excluding hydrogens is 250 g/mol. The molecule has 0 bridgehead atoms. The zero-order valence-electron chi connectivity index (χ0n) is 10.5. The number of nitrogens with one attached hydrogen (secondary N) is 2. The van der Waals surface area contributed by atoms with Gasteiger partial charge in [-0.15, -0.1) is 0 Å². The van der Waals surface area contributed by atoms with Gasteiger partial charge < -0.3 is 5.32 Å². The van der Waals surface area contributed by atoms with E-state index in [4.69, 9.17) is 0 Å². The second-order valence-electron chi connectivity index (χ2n) is 3.89. The third-order valence-electron chi connectivity index (χ3n) is 2.45. The number of nitro groups is 1. The topological polar surface area (TPSA) is 67.2 Å². The molecule has 0 radical (unpaired) electrons. The average molecular weight is 269 g/mol. The quantitative estimate of drug-likeness (QED) is 0.312. The highest BCUT2D eigenvalue weighted by Gasteiger charge is 2.11. The first-order valence-electron chi connectivity index (χ1n) is 6.03. The molecular formula is C12H19N3O2S. The molecule has 0 fully saturated rings. The van der Waals surface area contributed by atoms with Crippen LogP contribution in [0.15, 0.2) is 29.2 Å². The number of nitro benzene ring substituents is 1. The number of hydrogen-bond donors (Lipinski definition) is 2. The van der Waals surface area contributed by atoms with E-state index >= 15 is 0 Å². The highest BCUT2D eigenvalue weighted by molar-refractivity contribution is 7.97. The van der Waals surface area contributed by atoms with Crippen molar-refractivity contribution < 1.29 is 4.92 Å². The van der Waals surface area contributed by atoms with Gasteiger partial charge in [-0.2, -0.15) is 0 Å². The molecule has 1 aromatic rings. The number of nitrogens with zero attached hydrogens (tertiary/aromatic N) is 1. The van der Waals surface area contributed by atoms with Gasteiger partial charge in [0, 0.05) is 12.6 Å². The molecule has 0 heterocycles. The van der Waals surface area contributed by atoms with Gasteiger partial charge in [0.15, 0.2) is 0 Å². The van der Waals surface area contributed by atoms with Crippen LogP contribution in [0, 0.1) is 10.1 Å². The van der Waals surface area contributed by atoms with Crippen molar-refractivity contribution in [3.63, 3.8) is 0 Å². The molecule has 0 saturated carbocycles. The molecule has 5 nitrogen and oxygen atoms in total. The fraction of sp³-hybridized carbons (Fsp3) is 0.500. The minimum atomic E-state index is -0.350. The first kappa shape index (κ1) is 14.9. The van der Waals surface area contributed by atoms with Crippen molar-refractivity contribution in [1.82, 2.24) is 10.0 Å². The lowest BCUT2D eigenvalue weighted by molar-refractivity contribution is -0.387. The highest BCUT2D eigenvalue weighted by atomic mass is 32.2. The smallest absolute Gasteiger partial charge is 0.284 e. The van der Waals surface area contributed by atoms with Crippen molar-refractivity contribution in [3.8, 4) is 0 Å². The van der Waals surface area contributed by atoms with Crippen molar-refractivity contribution in [1.29, 1.82) is 0 Å². The molecule has 0 aliphatic heterocycles. The van der Waals surface area contributed by atoms with Crippen LogP contribution in [0.5, 0.6) is 0 Å². The number of hydrogen-bond acceptors (Lipinski definition) is 5. The van der Waals surface area contributed by atoms with Crippen molar-refractivity contribution >= 4 is 17.6 Å². The van der Waals surface area contributed by atoms with Gasteiger partial charge in [-0.05, 0) is 44.4 Å². The van der Waals surface area contributed by atoms with Gasteiger partial charge in [0.25, 0.3) is 5.69 Å². The van der Waals surface area contributed by atoms with E-state index < -0.39 is 0 Å². The normalized spacial score (nSPS) is 10.5. The molecule has 100 valence electrons. The second kappa shape index (κ2) is 8.91. The summed E-state index contributed by atoms with van der Waals surface area (Å²) in [5.74, 6) is 0. The average Bonchev–Trinajstić information content (AvgIpc) is 2.38. The largest absolute Gasteiger partial charge is 0.320 e.